The molecule has 1 rings (SSSR count). The van der Waals surface area contributed by atoms with Gasteiger partial charge in [-0.25, -0.2) is 0 Å². The number of carbonyl (C=O) groups is 3. The molecule has 5 heteroatoms. The van der Waals surface area contributed by atoms with Gasteiger partial charge >= 0.3 is 5.97 Å². The van der Waals surface area contributed by atoms with E-state index in [1.54, 1.807) is 20.8 Å². The van der Waals surface area contributed by atoms with E-state index in [-0.39, 0.29) is 37.2 Å². The maximum absolute atomic E-state index is 11.8. The van der Waals surface area contributed by atoms with Crippen LogP contribution in [0.25, 0.3) is 0 Å². The molecule has 1 aliphatic rings. The average molecular weight is 227 g/mol. The van der Waals surface area contributed by atoms with Crippen molar-refractivity contribution in [3.8, 4) is 0 Å². The van der Waals surface area contributed by atoms with Crippen molar-refractivity contribution in [3.63, 3.8) is 0 Å². The Morgan fingerprint density at radius 2 is 2.06 bits per heavy atom. The zero-order valence-electron chi connectivity index (χ0n) is 9.91. The third-order valence-electron chi connectivity index (χ3n) is 2.56. The second-order valence-corrected chi connectivity index (χ2v) is 4.47. The zero-order valence-corrected chi connectivity index (χ0v) is 9.91. The van der Waals surface area contributed by atoms with Gasteiger partial charge < -0.3 is 4.74 Å². The summed E-state index contributed by atoms with van der Waals surface area (Å²) in [5, 5.41) is 0. The SMILES string of the molecule is CCOC(=O)CCN1C(=O)CC(C)(C)C1=O. The van der Waals surface area contributed by atoms with Crippen molar-refractivity contribution in [1.29, 1.82) is 0 Å². The summed E-state index contributed by atoms with van der Waals surface area (Å²) in [4.78, 5) is 35.5. The van der Waals surface area contributed by atoms with E-state index in [1.165, 1.54) is 0 Å². The molecular weight excluding hydrogens is 210 g/mol. The molecular formula is C11H17NO4. The Hall–Kier alpha value is -1.39. The Labute approximate surface area is 94.7 Å². The van der Waals surface area contributed by atoms with Crippen LogP contribution in [0.2, 0.25) is 0 Å². The van der Waals surface area contributed by atoms with Gasteiger partial charge in [0.05, 0.1) is 18.4 Å². The Morgan fingerprint density at radius 1 is 1.44 bits per heavy atom. The monoisotopic (exact) mass is 227 g/mol. The summed E-state index contributed by atoms with van der Waals surface area (Å²) in [6, 6.07) is 0. The van der Waals surface area contributed by atoms with Gasteiger partial charge in [-0.05, 0) is 6.92 Å². The van der Waals surface area contributed by atoms with Crippen molar-refractivity contribution in [2.45, 2.75) is 33.6 Å². The number of ether oxygens (including phenoxy) is 1. The average Bonchev–Trinajstić information content (AvgIpc) is 2.35. The molecule has 5 nitrogen and oxygen atoms in total. The molecule has 0 bridgehead atoms. The Balaban J connectivity index is 2.52. The van der Waals surface area contributed by atoms with Crippen LogP contribution in [0.1, 0.15) is 33.6 Å². The van der Waals surface area contributed by atoms with Crippen molar-refractivity contribution in [2.24, 2.45) is 5.41 Å². The normalized spacial score (nSPS) is 19.1. The molecule has 0 aromatic rings. The highest BCUT2D eigenvalue weighted by molar-refractivity contribution is 6.05. The van der Waals surface area contributed by atoms with Gasteiger partial charge in [0.15, 0.2) is 0 Å². The second-order valence-electron chi connectivity index (χ2n) is 4.47. The van der Waals surface area contributed by atoms with E-state index in [1.807, 2.05) is 0 Å². The minimum atomic E-state index is -0.633. The predicted molar refractivity (Wildman–Crippen MR) is 56.4 cm³/mol. The first-order chi connectivity index (χ1) is 7.38. The maximum Gasteiger partial charge on any atom is 0.307 e. The zero-order chi connectivity index (χ0) is 12.3. The molecule has 1 aliphatic heterocycles. The van der Waals surface area contributed by atoms with E-state index in [4.69, 9.17) is 4.74 Å². The summed E-state index contributed by atoms with van der Waals surface area (Å²) < 4.78 is 4.74. The van der Waals surface area contributed by atoms with Crippen LogP contribution in [0.5, 0.6) is 0 Å². The van der Waals surface area contributed by atoms with Crippen molar-refractivity contribution < 1.29 is 19.1 Å². The third-order valence-corrected chi connectivity index (χ3v) is 2.56. The Bertz CT molecular complexity index is 322. The van der Waals surface area contributed by atoms with E-state index in [9.17, 15) is 14.4 Å². The van der Waals surface area contributed by atoms with Crippen molar-refractivity contribution in [3.05, 3.63) is 0 Å². The molecule has 0 saturated carbocycles. The van der Waals surface area contributed by atoms with Crippen LogP contribution in [-0.2, 0) is 19.1 Å². The number of hydrogen-bond acceptors (Lipinski definition) is 4. The summed E-state index contributed by atoms with van der Waals surface area (Å²) in [6.45, 7) is 5.62. The molecule has 0 aliphatic carbocycles. The third kappa shape index (κ3) is 2.59. The number of imide groups is 1. The molecule has 1 saturated heterocycles. The lowest BCUT2D eigenvalue weighted by Crippen LogP contribution is -2.34. The quantitative estimate of drug-likeness (QED) is 0.524. The smallest absolute Gasteiger partial charge is 0.307 e. The largest absolute Gasteiger partial charge is 0.466 e. The van der Waals surface area contributed by atoms with Crippen molar-refractivity contribution in [1.82, 2.24) is 4.90 Å². The van der Waals surface area contributed by atoms with E-state index < -0.39 is 5.41 Å². The fourth-order valence-corrected chi connectivity index (χ4v) is 1.69. The van der Waals surface area contributed by atoms with Crippen molar-refractivity contribution in [2.75, 3.05) is 13.2 Å². The van der Waals surface area contributed by atoms with Crippen LogP contribution in [-0.4, -0.2) is 35.8 Å². The summed E-state index contributed by atoms with van der Waals surface area (Å²) in [7, 11) is 0. The van der Waals surface area contributed by atoms with Gasteiger partial charge in [0.1, 0.15) is 0 Å². The lowest BCUT2D eigenvalue weighted by Gasteiger charge is -2.17. The van der Waals surface area contributed by atoms with Crippen LogP contribution < -0.4 is 0 Å². The predicted octanol–water partition coefficient (Wildman–Crippen LogP) is 0.725. The molecule has 2 amide bonds. The maximum atomic E-state index is 11.8. The van der Waals surface area contributed by atoms with Gasteiger partial charge in [0.2, 0.25) is 11.8 Å². The minimum Gasteiger partial charge on any atom is -0.466 e. The molecule has 0 radical (unpaired) electrons. The minimum absolute atomic E-state index is 0.0708. The molecule has 0 aromatic heterocycles. The van der Waals surface area contributed by atoms with Gasteiger partial charge in [0.25, 0.3) is 0 Å². The van der Waals surface area contributed by atoms with Crippen LogP contribution in [0.3, 0.4) is 0 Å². The molecule has 90 valence electrons. The lowest BCUT2D eigenvalue weighted by atomic mass is 9.92. The fraction of sp³-hybridized carbons (Fsp3) is 0.727. The van der Waals surface area contributed by atoms with Gasteiger partial charge in [-0.3, -0.25) is 19.3 Å². The van der Waals surface area contributed by atoms with E-state index in [0.717, 1.165) is 4.90 Å². The number of rotatable bonds is 4. The molecule has 0 atom stereocenters. The lowest BCUT2D eigenvalue weighted by molar-refractivity contribution is -0.145. The first kappa shape index (κ1) is 12.7. The number of hydrogen-bond donors (Lipinski definition) is 0. The number of nitrogens with zero attached hydrogens (tertiary/aromatic N) is 1. The van der Waals surface area contributed by atoms with Gasteiger partial charge in [-0.15, -0.1) is 0 Å². The molecule has 0 unspecified atom stereocenters. The van der Waals surface area contributed by atoms with E-state index in [2.05, 4.69) is 0 Å². The highest BCUT2D eigenvalue weighted by atomic mass is 16.5. The molecule has 0 N–H and O–H groups in total. The van der Waals surface area contributed by atoms with E-state index in [0.29, 0.717) is 6.61 Å². The van der Waals surface area contributed by atoms with Crippen LogP contribution in [0.15, 0.2) is 0 Å². The molecule has 0 aromatic carbocycles. The van der Waals surface area contributed by atoms with E-state index >= 15 is 0 Å². The molecule has 0 spiro atoms. The topological polar surface area (TPSA) is 63.7 Å². The van der Waals surface area contributed by atoms with Gasteiger partial charge in [-0.1, -0.05) is 13.8 Å². The number of amides is 2. The van der Waals surface area contributed by atoms with Crippen LogP contribution in [0, 0.1) is 5.41 Å². The Morgan fingerprint density at radius 3 is 2.50 bits per heavy atom. The molecule has 1 fully saturated rings. The highest BCUT2D eigenvalue weighted by Gasteiger charge is 2.44. The number of likely N-dealkylation sites (tertiary alicyclic amines) is 1. The Kier molecular flexibility index (Phi) is 3.67. The summed E-state index contributed by atoms with van der Waals surface area (Å²) in [5.41, 5.74) is -0.633. The van der Waals surface area contributed by atoms with Crippen LogP contribution >= 0.6 is 0 Å². The molecule has 16 heavy (non-hydrogen) atoms. The van der Waals surface area contributed by atoms with Crippen LogP contribution in [0.4, 0.5) is 0 Å². The number of esters is 1. The number of carbonyl (C=O) groups excluding carboxylic acids is 3. The summed E-state index contributed by atoms with van der Waals surface area (Å²) in [6.07, 6.45) is 0.288. The first-order valence-corrected chi connectivity index (χ1v) is 5.39. The molecule has 1 heterocycles. The van der Waals surface area contributed by atoms with Gasteiger partial charge in [0, 0.05) is 13.0 Å². The first-order valence-electron chi connectivity index (χ1n) is 5.39. The van der Waals surface area contributed by atoms with Crippen molar-refractivity contribution >= 4 is 17.8 Å². The highest BCUT2D eigenvalue weighted by Crippen LogP contribution is 2.31. The standard InChI is InChI=1S/C11H17NO4/c1-4-16-9(14)5-6-12-8(13)7-11(2,3)10(12)15/h4-7H2,1-3H3. The fourth-order valence-electron chi connectivity index (χ4n) is 1.69. The van der Waals surface area contributed by atoms with Gasteiger partial charge in [-0.2, -0.15) is 0 Å². The second kappa shape index (κ2) is 4.63. The summed E-state index contributed by atoms with van der Waals surface area (Å²) in [5.74, 6) is -0.797. The summed E-state index contributed by atoms with van der Waals surface area (Å²) >= 11 is 0.